The van der Waals surface area contributed by atoms with E-state index in [0.29, 0.717) is 54.7 Å². The molecule has 4 bridgehead atoms. The van der Waals surface area contributed by atoms with Gasteiger partial charge in [-0.25, -0.2) is 0 Å². The van der Waals surface area contributed by atoms with Gasteiger partial charge in [-0.2, -0.15) is 0 Å². The van der Waals surface area contributed by atoms with Gasteiger partial charge in [-0.1, -0.05) is 42.5 Å². The number of benzene rings is 3. The van der Waals surface area contributed by atoms with Crippen molar-refractivity contribution in [2.24, 2.45) is 0 Å². The van der Waals surface area contributed by atoms with Crippen LogP contribution in [-0.2, 0) is 24.2 Å². The van der Waals surface area contributed by atoms with E-state index in [1.165, 1.54) is 5.56 Å². The van der Waals surface area contributed by atoms with Gasteiger partial charge in [0.05, 0.1) is 7.11 Å². The van der Waals surface area contributed by atoms with Gasteiger partial charge in [-0.05, 0) is 66.6 Å². The summed E-state index contributed by atoms with van der Waals surface area (Å²) in [7, 11) is 1.65. The fourth-order valence-corrected chi connectivity index (χ4v) is 3.78. The molecule has 4 nitrogen and oxygen atoms in total. The van der Waals surface area contributed by atoms with E-state index >= 15 is 0 Å². The summed E-state index contributed by atoms with van der Waals surface area (Å²) < 4.78 is 18.0. The van der Waals surface area contributed by atoms with Crippen LogP contribution in [0.1, 0.15) is 42.4 Å². The minimum Gasteiger partial charge on any atom is -0.493 e. The minimum atomic E-state index is 0.319. The number of carbonyl (C=O) groups excluding carboxylic acids is 1. The number of ether oxygens (including phenoxy) is 3. The highest BCUT2D eigenvalue weighted by Gasteiger charge is 2.14. The molecule has 0 spiro atoms. The quantitative estimate of drug-likeness (QED) is 0.501. The van der Waals surface area contributed by atoms with Gasteiger partial charge in [0, 0.05) is 12.8 Å². The van der Waals surface area contributed by atoms with Crippen LogP contribution < -0.4 is 14.2 Å². The molecule has 0 N–H and O–H groups in total. The fraction of sp³-hybridized carbons (Fsp3) is 0.296. The van der Waals surface area contributed by atoms with Crippen LogP contribution in [0.3, 0.4) is 0 Å². The molecule has 1 aliphatic heterocycles. The molecule has 3 aromatic carbocycles. The van der Waals surface area contributed by atoms with Gasteiger partial charge in [0.15, 0.2) is 23.0 Å². The second-order valence-electron chi connectivity index (χ2n) is 7.89. The number of carbonyl (C=O) groups is 1. The Hall–Kier alpha value is -3.27. The smallest absolute Gasteiger partial charge is 0.169 e. The van der Waals surface area contributed by atoms with E-state index in [9.17, 15) is 4.79 Å². The SMILES string of the molecule is COc1ccc2cc1Oc1cc(ccc1OCc1ccccc1)CCC(=O)CCCC2. The summed E-state index contributed by atoms with van der Waals surface area (Å²) in [6.07, 6.45) is 4.70. The molecule has 160 valence electrons. The average molecular weight is 417 g/mol. The fourth-order valence-electron chi connectivity index (χ4n) is 3.78. The molecule has 0 aromatic heterocycles. The number of methoxy groups -OCH3 is 1. The summed E-state index contributed by atoms with van der Waals surface area (Å²) in [5.74, 6) is 2.98. The third kappa shape index (κ3) is 5.66. The van der Waals surface area contributed by atoms with E-state index in [1.807, 2.05) is 60.7 Å². The third-order valence-corrected chi connectivity index (χ3v) is 5.56. The number of fused-ring (bicyclic) bond motifs is 4. The highest BCUT2D eigenvalue weighted by molar-refractivity contribution is 5.78. The predicted octanol–water partition coefficient (Wildman–Crippen LogP) is 6.29. The van der Waals surface area contributed by atoms with Gasteiger partial charge in [0.25, 0.3) is 0 Å². The lowest BCUT2D eigenvalue weighted by molar-refractivity contribution is -0.119. The molecule has 0 saturated carbocycles. The molecule has 0 amide bonds. The summed E-state index contributed by atoms with van der Waals surface area (Å²) in [5.41, 5.74) is 3.32. The average Bonchev–Trinajstić information content (AvgIpc) is 2.80. The van der Waals surface area contributed by atoms with Gasteiger partial charge in [-0.15, -0.1) is 0 Å². The number of ketones is 1. The zero-order valence-electron chi connectivity index (χ0n) is 17.9. The van der Waals surface area contributed by atoms with Crippen LogP contribution >= 0.6 is 0 Å². The first-order chi connectivity index (χ1) is 15.2. The lowest BCUT2D eigenvalue weighted by Crippen LogP contribution is -2.03. The lowest BCUT2D eigenvalue weighted by Gasteiger charge is -2.17. The van der Waals surface area contributed by atoms with E-state index in [-0.39, 0.29) is 0 Å². The maximum absolute atomic E-state index is 12.3. The van der Waals surface area contributed by atoms with Crippen molar-refractivity contribution < 1.29 is 19.0 Å². The molecule has 31 heavy (non-hydrogen) atoms. The van der Waals surface area contributed by atoms with Crippen molar-refractivity contribution in [3.8, 4) is 23.0 Å². The molecule has 0 aliphatic carbocycles. The summed E-state index contributed by atoms with van der Waals surface area (Å²) in [5, 5.41) is 0. The number of Topliss-reactive ketones (excluding diaryl/α,β-unsaturated/α-hetero) is 1. The van der Waals surface area contributed by atoms with Crippen LogP contribution in [0.15, 0.2) is 66.7 Å². The van der Waals surface area contributed by atoms with Crippen LogP contribution in [0, 0.1) is 0 Å². The molecule has 4 rings (SSSR count). The van der Waals surface area contributed by atoms with Gasteiger partial charge < -0.3 is 14.2 Å². The molecule has 0 radical (unpaired) electrons. The third-order valence-electron chi connectivity index (χ3n) is 5.56. The first-order valence-electron chi connectivity index (χ1n) is 10.9. The summed E-state index contributed by atoms with van der Waals surface area (Å²) in [6, 6.07) is 22.0. The highest BCUT2D eigenvalue weighted by Crippen LogP contribution is 2.38. The van der Waals surface area contributed by atoms with E-state index in [0.717, 1.165) is 30.4 Å². The van der Waals surface area contributed by atoms with Gasteiger partial charge in [0.1, 0.15) is 12.4 Å². The van der Waals surface area contributed by atoms with Crippen LogP contribution in [0.25, 0.3) is 0 Å². The van der Waals surface area contributed by atoms with Gasteiger partial charge >= 0.3 is 0 Å². The Kier molecular flexibility index (Phi) is 6.88. The predicted molar refractivity (Wildman–Crippen MR) is 121 cm³/mol. The Morgan fingerprint density at radius 3 is 2.23 bits per heavy atom. The zero-order chi connectivity index (χ0) is 21.5. The van der Waals surface area contributed by atoms with E-state index in [4.69, 9.17) is 14.2 Å². The zero-order valence-corrected chi connectivity index (χ0v) is 17.9. The van der Waals surface area contributed by atoms with Crippen molar-refractivity contribution in [2.45, 2.75) is 45.1 Å². The van der Waals surface area contributed by atoms with Gasteiger partial charge in [-0.3, -0.25) is 4.79 Å². The minimum absolute atomic E-state index is 0.319. The summed E-state index contributed by atoms with van der Waals surface area (Å²) in [6.45, 7) is 0.451. The number of hydrogen-bond acceptors (Lipinski definition) is 4. The maximum atomic E-state index is 12.3. The van der Waals surface area contributed by atoms with Crippen LogP contribution in [0.4, 0.5) is 0 Å². The van der Waals surface area contributed by atoms with Crippen molar-refractivity contribution in [2.75, 3.05) is 7.11 Å². The van der Waals surface area contributed by atoms with Crippen LogP contribution in [0.2, 0.25) is 0 Å². The topological polar surface area (TPSA) is 44.8 Å². The Balaban J connectivity index is 1.66. The Bertz CT molecular complexity index is 1030. The summed E-state index contributed by atoms with van der Waals surface area (Å²) >= 11 is 0. The molecule has 0 saturated heterocycles. The first kappa shape index (κ1) is 21.0. The molecule has 1 aliphatic rings. The standard InChI is InChI=1S/C27H28O4/c1-29-24-15-12-20-7-5-6-10-23(28)14-11-21-13-16-25(27(18-21)31-26(24)17-20)30-19-22-8-3-2-4-9-22/h2-4,8-9,12-13,15-18H,5-7,10-11,14,19H2,1H3. The molecular weight excluding hydrogens is 388 g/mol. The van der Waals surface area contributed by atoms with E-state index in [2.05, 4.69) is 6.07 Å². The molecule has 0 fully saturated rings. The maximum Gasteiger partial charge on any atom is 0.169 e. The first-order valence-corrected chi connectivity index (χ1v) is 10.9. The Labute approximate surface area is 183 Å². The van der Waals surface area contributed by atoms with Crippen LogP contribution in [-0.4, -0.2) is 12.9 Å². The normalized spacial score (nSPS) is 14.3. The second kappa shape index (κ2) is 10.2. The molecule has 1 heterocycles. The molecule has 0 atom stereocenters. The number of aryl methyl sites for hydroxylation is 2. The highest BCUT2D eigenvalue weighted by atomic mass is 16.5. The molecule has 3 aromatic rings. The van der Waals surface area contributed by atoms with Crippen molar-refractivity contribution in [3.05, 3.63) is 83.4 Å². The second-order valence-corrected chi connectivity index (χ2v) is 7.89. The monoisotopic (exact) mass is 416 g/mol. The molecule has 0 unspecified atom stereocenters. The number of hydrogen-bond donors (Lipinski definition) is 0. The van der Waals surface area contributed by atoms with Crippen molar-refractivity contribution in [1.82, 2.24) is 0 Å². The Morgan fingerprint density at radius 2 is 1.45 bits per heavy atom. The largest absolute Gasteiger partial charge is 0.493 e. The van der Waals surface area contributed by atoms with Crippen LogP contribution in [0.5, 0.6) is 23.0 Å². The van der Waals surface area contributed by atoms with E-state index in [1.54, 1.807) is 7.11 Å². The summed E-state index contributed by atoms with van der Waals surface area (Å²) in [4.78, 5) is 12.3. The molecular formula is C27H28O4. The van der Waals surface area contributed by atoms with Crippen molar-refractivity contribution >= 4 is 5.78 Å². The van der Waals surface area contributed by atoms with Crippen molar-refractivity contribution in [1.29, 1.82) is 0 Å². The molecule has 4 heteroatoms. The lowest BCUT2D eigenvalue weighted by atomic mass is 10.0. The Morgan fingerprint density at radius 1 is 0.774 bits per heavy atom. The van der Waals surface area contributed by atoms with E-state index < -0.39 is 0 Å². The van der Waals surface area contributed by atoms with Gasteiger partial charge in [0.2, 0.25) is 0 Å². The number of rotatable bonds is 4. The van der Waals surface area contributed by atoms with Crippen molar-refractivity contribution in [3.63, 3.8) is 0 Å².